The maximum atomic E-state index is 13.0. The monoisotopic (exact) mass is 281 g/mol. The molecule has 0 heterocycles. The van der Waals surface area contributed by atoms with Crippen LogP contribution < -0.4 is 16.4 Å². The summed E-state index contributed by atoms with van der Waals surface area (Å²) in [7, 11) is 0. The van der Waals surface area contributed by atoms with Crippen LogP contribution in [0, 0.1) is 5.82 Å². The molecular weight excluding hydrogens is 261 g/mol. The number of benzene rings is 1. The fraction of sp³-hybridized carbons (Fsp3) is 0.429. The number of hydrogen-bond donors (Lipinski definition) is 3. The summed E-state index contributed by atoms with van der Waals surface area (Å²) in [6.45, 7) is 4.06. The Labute approximate surface area is 117 Å². The first-order valence-corrected chi connectivity index (χ1v) is 6.56. The first-order chi connectivity index (χ1) is 9.43. The van der Waals surface area contributed by atoms with E-state index in [1.54, 1.807) is 0 Å². The highest BCUT2D eigenvalue weighted by molar-refractivity contribution is 5.99. The maximum Gasteiger partial charge on any atom is 0.253 e. The van der Waals surface area contributed by atoms with Crippen molar-refractivity contribution in [2.45, 2.75) is 32.7 Å². The largest absolute Gasteiger partial charge is 0.398 e. The lowest BCUT2D eigenvalue weighted by Crippen LogP contribution is -2.35. The SMILES string of the molecule is CCC(C)NC(=O)CCNC(=O)c1cc(F)ccc1N. The van der Waals surface area contributed by atoms with E-state index >= 15 is 0 Å². The number of nitrogens with one attached hydrogen (secondary N) is 2. The average molecular weight is 281 g/mol. The van der Waals surface area contributed by atoms with E-state index in [4.69, 9.17) is 5.73 Å². The zero-order valence-electron chi connectivity index (χ0n) is 11.7. The van der Waals surface area contributed by atoms with Crippen LogP contribution in [0.25, 0.3) is 0 Å². The molecule has 1 aromatic carbocycles. The van der Waals surface area contributed by atoms with Gasteiger partial charge in [-0.2, -0.15) is 0 Å². The average Bonchev–Trinajstić information content (AvgIpc) is 2.41. The third-order valence-corrected chi connectivity index (χ3v) is 2.92. The molecule has 6 heteroatoms. The minimum Gasteiger partial charge on any atom is -0.398 e. The Morgan fingerprint density at radius 1 is 1.40 bits per heavy atom. The molecule has 0 aliphatic heterocycles. The predicted molar refractivity (Wildman–Crippen MR) is 75.7 cm³/mol. The third kappa shape index (κ3) is 4.87. The molecular formula is C14H20FN3O2. The molecule has 0 radical (unpaired) electrons. The van der Waals surface area contributed by atoms with Crippen LogP contribution in [0.5, 0.6) is 0 Å². The molecule has 0 aromatic heterocycles. The number of nitrogen functional groups attached to an aromatic ring is 1. The van der Waals surface area contributed by atoms with Gasteiger partial charge in [0.05, 0.1) is 5.56 Å². The first kappa shape index (κ1) is 15.9. The van der Waals surface area contributed by atoms with Crippen LogP contribution in [0.2, 0.25) is 0 Å². The van der Waals surface area contributed by atoms with Crippen LogP contribution in [0.3, 0.4) is 0 Å². The first-order valence-electron chi connectivity index (χ1n) is 6.56. The molecule has 0 bridgehead atoms. The van der Waals surface area contributed by atoms with Gasteiger partial charge in [-0.05, 0) is 31.5 Å². The van der Waals surface area contributed by atoms with Gasteiger partial charge in [0.1, 0.15) is 5.82 Å². The summed E-state index contributed by atoms with van der Waals surface area (Å²) in [5.74, 6) is -1.15. The van der Waals surface area contributed by atoms with Gasteiger partial charge in [0.2, 0.25) is 5.91 Å². The second-order valence-electron chi connectivity index (χ2n) is 4.61. The quantitative estimate of drug-likeness (QED) is 0.690. The Morgan fingerprint density at radius 3 is 2.75 bits per heavy atom. The second kappa shape index (κ2) is 7.47. The molecule has 5 nitrogen and oxygen atoms in total. The molecule has 1 rings (SSSR count). The molecule has 110 valence electrons. The highest BCUT2D eigenvalue weighted by Gasteiger charge is 2.11. The molecule has 0 aliphatic carbocycles. The van der Waals surface area contributed by atoms with Gasteiger partial charge < -0.3 is 16.4 Å². The van der Waals surface area contributed by atoms with Gasteiger partial charge in [0, 0.05) is 24.7 Å². The van der Waals surface area contributed by atoms with Crippen molar-refractivity contribution >= 4 is 17.5 Å². The van der Waals surface area contributed by atoms with Crippen molar-refractivity contribution in [3.8, 4) is 0 Å². The van der Waals surface area contributed by atoms with Crippen LogP contribution in [0.1, 0.15) is 37.0 Å². The van der Waals surface area contributed by atoms with Gasteiger partial charge in [0.15, 0.2) is 0 Å². The Morgan fingerprint density at radius 2 is 2.10 bits per heavy atom. The van der Waals surface area contributed by atoms with Gasteiger partial charge in [-0.15, -0.1) is 0 Å². The molecule has 4 N–H and O–H groups in total. The molecule has 1 unspecified atom stereocenters. The summed E-state index contributed by atoms with van der Waals surface area (Å²) in [6, 6.07) is 3.70. The number of amides is 2. The maximum absolute atomic E-state index is 13.0. The fourth-order valence-electron chi connectivity index (χ4n) is 1.56. The number of carbonyl (C=O) groups is 2. The third-order valence-electron chi connectivity index (χ3n) is 2.92. The molecule has 0 aliphatic rings. The van der Waals surface area contributed by atoms with Gasteiger partial charge >= 0.3 is 0 Å². The van der Waals surface area contributed by atoms with Crippen LogP contribution in [-0.2, 0) is 4.79 Å². The van der Waals surface area contributed by atoms with Gasteiger partial charge in [-0.3, -0.25) is 9.59 Å². The summed E-state index contributed by atoms with van der Waals surface area (Å²) in [5.41, 5.74) is 5.88. The van der Waals surface area contributed by atoms with E-state index < -0.39 is 11.7 Å². The number of carbonyl (C=O) groups excluding carboxylic acids is 2. The highest BCUT2D eigenvalue weighted by atomic mass is 19.1. The Bertz CT molecular complexity index is 491. The van der Waals surface area contributed by atoms with E-state index in [0.717, 1.165) is 12.5 Å². The molecule has 0 spiro atoms. The lowest BCUT2D eigenvalue weighted by Gasteiger charge is -2.12. The summed E-state index contributed by atoms with van der Waals surface area (Å²) in [6.07, 6.45) is 1.02. The van der Waals surface area contributed by atoms with E-state index in [1.165, 1.54) is 12.1 Å². The van der Waals surface area contributed by atoms with Crippen molar-refractivity contribution in [3.63, 3.8) is 0 Å². The summed E-state index contributed by atoms with van der Waals surface area (Å²) in [5, 5.41) is 5.33. The molecule has 0 saturated heterocycles. The van der Waals surface area contributed by atoms with Crippen molar-refractivity contribution in [2.24, 2.45) is 0 Å². The van der Waals surface area contributed by atoms with Crippen molar-refractivity contribution < 1.29 is 14.0 Å². The molecule has 2 amide bonds. The fourth-order valence-corrected chi connectivity index (χ4v) is 1.56. The Balaban J connectivity index is 2.44. The molecule has 0 saturated carbocycles. The number of hydrogen-bond acceptors (Lipinski definition) is 3. The normalized spacial score (nSPS) is 11.8. The van der Waals surface area contributed by atoms with Crippen LogP contribution in [0.4, 0.5) is 10.1 Å². The smallest absolute Gasteiger partial charge is 0.253 e. The van der Waals surface area contributed by atoms with E-state index in [-0.39, 0.29) is 36.2 Å². The minimum absolute atomic E-state index is 0.0762. The van der Waals surface area contributed by atoms with E-state index in [1.807, 2.05) is 13.8 Å². The number of halogens is 1. The Kier molecular flexibility index (Phi) is 5.96. The summed E-state index contributed by atoms with van der Waals surface area (Å²) < 4.78 is 13.0. The summed E-state index contributed by atoms with van der Waals surface area (Å²) in [4.78, 5) is 23.3. The minimum atomic E-state index is -0.529. The van der Waals surface area contributed by atoms with Gasteiger partial charge in [0.25, 0.3) is 5.91 Å². The standard InChI is InChI=1S/C14H20FN3O2/c1-3-9(2)18-13(19)6-7-17-14(20)11-8-10(15)4-5-12(11)16/h4-5,8-9H,3,6-7,16H2,1-2H3,(H,17,20)(H,18,19). The predicted octanol–water partition coefficient (Wildman–Crippen LogP) is 1.44. The van der Waals surface area contributed by atoms with E-state index in [2.05, 4.69) is 10.6 Å². The lowest BCUT2D eigenvalue weighted by molar-refractivity contribution is -0.121. The topological polar surface area (TPSA) is 84.2 Å². The highest BCUT2D eigenvalue weighted by Crippen LogP contribution is 2.12. The van der Waals surface area contributed by atoms with Crippen LogP contribution in [-0.4, -0.2) is 24.4 Å². The molecule has 20 heavy (non-hydrogen) atoms. The van der Waals surface area contributed by atoms with Crippen molar-refractivity contribution in [2.75, 3.05) is 12.3 Å². The second-order valence-corrected chi connectivity index (χ2v) is 4.61. The van der Waals surface area contributed by atoms with Crippen molar-refractivity contribution in [1.29, 1.82) is 0 Å². The van der Waals surface area contributed by atoms with Gasteiger partial charge in [-0.1, -0.05) is 6.92 Å². The number of rotatable bonds is 6. The van der Waals surface area contributed by atoms with Crippen LogP contribution >= 0.6 is 0 Å². The molecule has 1 atom stereocenters. The van der Waals surface area contributed by atoms with Crippen molar-refractivity contribution in [1.82, 2.24) is 10.6 Å². The molecule has 0 fully saturated rings. The zero-order chi connectivity index (χ0) is 15.1. The van der Waals surface area contributed by atoms with E-state index in [0.29, 0.717) is 0 Å². The Hall–Kier alpha value is -2.11. The summed E-state index contributed by atoms with van der Waals surface area (Å²) >= 11 is 0. The number of nitrogens with two attached hydrogens (primary N) is 1. The van der Waals surface area contributed by atoms with E-state index in [9.17, 15) is 14.0 Å². The number of anilines is 1. The van der Waals surface area contributed by atoms with Crippen molar-refractivity contribution in [3.05, 3.63) is 29.6 Å². The molecule has 1 aromatic rings. The van der Waals surface area contributed by atoms with Crippen LogP contribution in [0.15, 0.2) is 18.2 Å². The van der Waals surface area contributed by atoms with Gasteiger partial charge in [-0.25, -0.2) is 4.39 Å². The zero-order valence-corrected chi connectivity index (χ0v) is 11.7. The lowest BCUT2D eigenvalue weighted by atomic mass is 10.1.